The lowest BCUT2D eigenvalue weighted by atomic mass is 10.0. The molecular weight excluding hydrogens is 360 g/mol. The molecule has 1 aliphatic heterocycles. The van der Waals surface area contributed by atoms with Crippen LogP contribution in [0.25, 0.3) is 0 Å². The summed E-state index contributed by atoms with van der Waals surface area (Å²) in [6, 6.07) is -2.62. The highest BCUT2D eigenvalue weighted by Crippen LogP contribution is 2.19. The normalized spacial score (nSPS) is 20.0. The van der Waals surface area contributed by atoms with Crippen molar-refractivity contribution in [3.8, 4) is 0 Å². The molecule has 0 spiro atoms. The van der Waals surface area contributed by atoms with E-state index in [9.17, 15) is 19.2 Å². The molecule has 0 saturated carbocycles. The Hall–Kier alpha value is -1.96. The maximum Gasteiger partial charge on any atom is 0.243 e. The third-order valence-electron chi connectivity index (χ3n) is 4.79. The molecule has 0 bridgehead atoms. The lowest BCUT2D eigenvalue weighted by Gasteiger charge is -2.28. The first kappa shape index (κ1) is 24.1. The van der Waals surface area contributed by atoms with Crippen molar-refractivity contribution in [1.29, 1.82) is 0 Å². The van der Waals surface area contributed by atoms with Crippen LogP contribution in [0.1, 0.15) is 60.3 Å². The van der Waals surface area contributed by atoms with E-state index in [1.54, 1.807) is 6.92 Å². The van der Waals surface area contributed by atoms with E-state index in [4.69, 9.17) is 5.73 Å². The first-order valence-electron chi connectivity index (χ1n) is 10.2. The van der Waals surface area contributed by atoms with Gasteiger partial charge in [-0.3, -0.25) is 14.4 Å². The molecule has 0 radical (unpaired) electrons. The summed E-state index contributed by atoms with van der Waals surface area (Å²) in [5.74, 6) is -0.562. The van der Waals surface area contributed by atoms with Crippen molar-refractivity contribution in [3.63, 3.8) is 0 Å². The number of hydrogen-bond acceptors (Lipinski definition) is 5. The molecule has 1 rings (SSSR count). The van der Waals surface area contributed by atoms with Gasteiger partial charge in [-0.25, -0.2) is 0 Å². The van der Waals surface area contributed by atoms with E-state index in [0.29, 0.717) is 25.8 Å². The molecule has 4 atom stereocenters. The molecule has 0 aromatic rings. The Kier molecular flexibility index (Phi) is 9.58. The summed E-state index contributed by atoms with van der Waals surface area (Å²) >= 11 is 0. The SMILES string of the molecule is CC(C)C[C@@H](C=O)NC(=O)[C@H](CC(C)C)NC(=O)[C@@H]1CCCN1C(=O)[C@H](C)N. The van der Waals surface area contributed by atoms with Crippen LogP contribution < -0.4 is 16.4 Å². The Balaban J connectivity index is 2.84. The molecule has 8 heteroatoms. The smallest absolute Gasteiger partial charge is 0.243 e. The van der Waals surface area contributed by atoms with Crippen LogP contribution in [0.15, 0.2) is 0 Å². The number of nitrogens with zero attached hydrogens (tertiary/aromatic N) is 1. The van der Waals surface area contributed by atoms with Crippen LogP contribution in [0, 0.1) is 11.8 Å². The number of likely N-dealkylation sites (tertiary alicyclic amines) is 1. The minimum absolute atomic E-state index is 0.168. The van der Waals surface area contributed by atoms with E-state index >= 15 is 0 Å². The van der Waals surface area contributed by atoms with Gasteiger partial charge < -0.3 is 26.1 Å². The summed E-state index contributed by atoms with van der Waals surface area (Å²) in [7, 11) is 0. The fraction of sp³-hybridized carbons (Fsp3) is 0.800. The first-order valence-corrected chi connectivity index (χ1v) is 10.2. The van der Waals surface area contributed by atoms with Gasteiger partial charge in [0.15, 0.2) is 0 Å². The molecule has 1 heterocycles. The minimum Gasteiger partial charge on any atom is -0.345 e. The Morgan fingerprint density at radius 2 is 1.68 bits per heavy atom. The first-order chi connectivity index (χ1) is 13.1. The zero-order valence-electron chi connectivity index (χ0n) is 17.7. The van der Waals surface area contributed by atoms with Crippen molar-refractivity contribution in [2.75, 3.05) is 6.54 Å². The van der Waals surface area contributed by atoms with Crippen molar-refractivity contribution >= 4 is 24.0 Å². The fourth-order valence-electron chi connectivity index (χ4n) is 3.48. The van der Waals surface area contributed by atoms with Crippen LogP contribution >= 0.6 is 0 Å². The van der Waals surface area contributed by atoms with Gasteiger partial charge >= 0.3 is 0 Å². The lowest BCUT2D eigenvalue weighted by molar-refractivity contribution is -0.140. The van der Waals surface area contributed by atoms with Gasteiger partial charge in [0.05, 0.1) is 12.1 Å². The Bertz CT molecular complexity index is 562. The van der Waals surface area contributed by atoms with E-state index < -0.39 is 24.2 Å². The van der Waals surface area contributed by atoms with Gasteiger partial charge in [0, 0.05) is 6.54 Å². The molecule has 0 aromatic carbocycles. The highest BCUT2D eigenvalue weighted by molar-refractivity contribution is 5.93. The second-order valence-electron chi connectivity index (χ2n) is 8.55. The number of carbonyl (C=O) groups excluding carboxylic acids is 4. The molecular formula is C20H36N4O4. The molecule has 1 saturated heterocycles. The predicted octanol–water partition coefficient (Wildman–Crippen LogP) is 0.585. The van der Waals surface area contributed by atoms with Crippen molar-refractivity contribution in [2.24, 2.45) is 17.6 Å². The number of aldehydes is 1. The fourth-order valence-corrected chi connectivity index (χ4v) is 3.48. The molecule has 160 valence electrons. The molecule has 1 fully saturated rings. The second kappa shape index (κ2) is 11.1. The van der Waals surface area contributed by atoms with Gasteiger partial charge in [0.2, 0.25) is 17.7 Å². The maximum absolute atomic E-state index is 12.8. The van der Waals surface area contributed by atoms with Gasteiger partial charge in [-0.1, -0.05) is 27.7 Å². The molecule has 4 N–H and O–H groups in total. The van der Waals surface area contributed by atoms with Crippen LogP contribution in [0.5, 0.6) is 0 Å². The van der Waals surface area contributed by atoms with E-state index in [-0.39, 0.29) is 29.6 Å². The van der Waals surface area contributed by atoms with Crippen molar-refractivity contribution in [2.45, 2.75) is 84.5 Å². The highest BCUT2D eigenvalue weighted by atomic mass is 16.2. The average Bonchev–Trinajstić information content (AvgIpc) is 3.08. The number of hydrogen-bond donors (Lipinski definition) is 3. The zero-order valence-corrected chi connectivity index (χ0v) is 17.7. The van der Waals surface area contributed by atoms with Crippen molar-refractivity contribution < 1.29 is 19.2 Å². The summed E-state index contributed by atoms with van der Waals surface area (Å²) in [4.78, 5) is 50.6. The minimum atomic E-state index is -0.755. The van der Waals surface area contributed by atoms with E-state index in [0.717, 1.165) is 12.7 Å². The topological polar surface area (TPSA) is 122 Å². The van der Waals surface area contributed by atoms with Gasteiger partial charge in [0.1, 0.15) is 18.4 Å². The van der Waals surface area contributed by atoms with Crippen LogP contribution in [-0.4, -0.2) is 59.6 Å². The number of carbonyl (C=O) groups is 4. The predicted molar refractivity (Wildman–Crippen MR) is 107 cm³/mol. The van der Waals surface area contributed by atoms with Gasteiger partial charge in [0.25, 0.3) is 0 Å². The molecule has 0 unspecified atom stereocenters. The number of rotatable bonds is 10. The van der Waals surface area contributed by atoms with E-state index in [1.165, 1.54) is 4.90 Å². The van der Waals surface area contributed by atoms with Gasteiger partial charge in [-0.2, -0.15) is 0 Å². The molecule has 8 nitrogen and oxygen atoms in total. The summed E-state index contributed by atoms with van der Waals surface area (Å²) in [5.41, 5.74) is 5.68. The third kappa shape index (κ3) is 7.22. The van der Waals surface area contributed by atoms with Gasteiger partial charge in [-0.05, 0) is 44.4 Å². The number of nitrogens with one attached hydrogen (secondary N) is 2. The number of nitrogens with two attached hydrogens (primary N) is 1. The quantitative estimate of drug-likeness (QED) is 0.467. The molecule has 0 aliphatic carbocycles. The summed E-state index contributed by atoms with van der Waals surface area (Å²) in [5, 5.41) is 5.52. The summed E-state index contributed by atoms with van der Waals surface area (Å²) in [6.45, 7) is 9.94. The Morgan fingerprint density at radius 1 is 1.07 bits per heavy atom. The molecule has 28 heavy (non-hydrogen) atoms. The molecule has 1 aliphatic rings. The van der Waals surface area contributed by atoms with Crippen LogP contribution in [0.2, 0.25) is 0 Å². The second-order valence-corrected chi connectivity index (χ2v) is 8.55. The average molecular weight is 397 g/mol. The van der Waals surface area contributed by atoms with Crippen LogP contribution in [0.3, 0.4) is 0 Å². The standard InChI is InChI=1S/C20H36N4O4/c1-12(2)9-15(11-25)22-18(26)16(10-13(3)4)23-19(27)17-7-6-8-24(17)20(28)14(5)21/h11-17H,6-10,21H2,1-5H3,(H,22,26)(H,23,27)/t14-,15-,16-,17-/m0/s1. The third-order valence-corrected chi connectivity index (χ3v) is 4.79. The summed E-state index contributed by atoms with van der Waals surface area (Å²) < 4.78 is 0. The number of amides is 3. The van der Waals surface area contributed by atoms with Crippen LogP contribution in [0.4, 0.5) is 0 Å². The molecule has 0 aromatic heterocycles. The van der Waals surface area contributed by atoms with E-state index in [1.807, 2.05) is 27.7 Å². The van der Waals surface area contributed by atoms with E-state index in [2.05, 4.69) is 10.6 Å². The van der Waals surface area contributed by atoms with Crippen molar-refractivity contribution in [3.05, 3.63) is 0 Å². The zero-order chi connectivity index (χ0) is 21.4. The largest absolute Gasteiger partial charge is 0.345 e. The van der Waals surface area contributed by atoms with Crippen LogP contribution in [-0.2, 0) is 19.2 Å². The van der Waals surface area contributed by atoms with Crippen molar-refractivity contribution in [1.82, 2.24) is 15.5 Å². The maximum atomic E-state index is 12.8. The monoisotopic (exact) mass is 396 g/mol. The Labute approximate surface area is 168 Å². The highest BCUT2D eigenvalue weighted by Gasteiger charge is 2.37. The Morgan fingerprint density at radius 3 is 2.18 bits per heavy atom. The summed E-state index contributed by atoms with van der Waals surface area (Å²) in [6.07, 6.45) is 2.98. The molecule has 3 amide bonds. The lowest BCUT2D eigenvalue weighted by Crippen LogP contribution is -2.56. The van der Waals surface area contributed by atoms with Gasteiger partial charge in [-0.15, -0.1) is 0 Å².